The van der Waals surface area contributed by atoms with Crippen molar-refractivity contribution in [1.82, 2.24) is 10.2 Å². The van der Waals surface area contributed by atoms with Crippen LogP contribution in [0.3, 0.4) is 0 Å². The number of nitrogens with zero attached hydrogens (tertiary/aromatic N) is 2. The molecule has 0 saturated carbocycles. The first-order valence-electron chi connectivity index (χ1n) is 6.99. The molecule has 3 aromatic rings. The molecule has 122 valence electrons. The molecular weight excluding hydrogens is 346 g/mol. The molecular formula is C16H13N3O3S2. The fourth-order valence-electron chi connectivity index (χ4n) is 2.10. The summed E-state index contributed by atoms with van der Waals surface area (Å²) in [5.74, 6) is -0.543. The number of hydrogen-bond acceptors (Lipinski definition) is 6. The van der Waals surface area contributed by atoms with Gasteiger partial charge in [-0.15, -0.1) is 10.2 Å². The van der Waals surface area contributed by atoms with E-state index in [0.29, 0.717) is 10.7 Å². The number of carbonyl (C=O) groups excluding carboxylic acids is 1. The summed E-state index contributed by atoms with van der Waals surface area (Å²) in [5, 5.41) is 10.3. The second-order valence-corrected chi connectivity index (χ2v) is 7.79. The molecule has 0 aliphatic carbocycles. The third-order valence-corrected chi connectivity index (χ3v) is 5.53. The van der Waals surface area contributed by atoms with Gasteiger partial charge < -0.3 is 0 Å². The van der Waals surface area contributed by atoms with Gasteiger partial charge in [-0.05, 0) is 23.8 Å². The number of rotatable bonds is 5. The fourth-order valence-corrected chi connectivity index (χ4v) is 3.94. The van der Waals surface area contributed by atoms with E-state index in [9.17, 15) is 13.2 Å². The van der Waals surface area contributed by atoms with E-state index in [2.05, 4.69) is 15.5 Å². The number of carbonyl (C=O) groups is 1. The van der Waals surface area contributed by atoms with Crippen molar-refractivity contribution in [2.75, 3.05) is 5.32 Å². The maximum Gasteiger partial charge on any atom is 0.257 e. The second-order valence-electron chi connectivity index (χ2n) is 4.97. The zero-order chi connectivity index (χ0) is 17.0. The lowest BCUT2D eigenvalue weighted by Crippen LogP contribution is -2.13. The van der Waals surface area contributed by atoms with E-state index < -0.39 is 15.7 Å². The summed E-state index contributed by atoms with van der Waals surface area (Å²) in [5.41, 5.74) is 2.44. The van der Waals surface area contributed by atoms with Crippen LogP contribution in [0, 0.1) is 0 Å². The van der Waals surface area contributed by atoms with Gasteiger partial charge in [0.25, 0.3) is 5.91 Å². The molecule has 0 unspecified atom stereocenters. The topological polar surface area (TPSA) is 89.0 Å². The molecule has 1 N–H and O–H groups in total. The molecule has 0 aliphatic rings. The van der Waals surface area contributed by atoms with Crippen molar-refractivity contribution in [2.24, 2.45) is 0 Å². The Bertz CT molecular complexity index is 940. The van der Waals surface area contributed by atoms with Gasteiger partial charge in [0.2, 0.25) is 5.13 Å². The van der Waals surface area contributed by atoms with Crippen LogP contribution in [0.2, 0.25) is 0 Å². The van der Waals surface area contributed by atoms with Crippen molar-refractivity contribution in [1.29, 1.82) is 0 Å². The third-order valence-electron chi connectivity index (χ3n) is 3.24. The molecule has 8 heteroatoms. The number of aromatic nitrogens is 2. The van der Waals surface area contributed by atoms with Crippen LogP contribution in [0.5, 0.6) is 0 Å². The van der Waals surface area contributed by atoms with Gasteiger partial charge in [-0.1, -0.05) is 47.7 Å². The Kier molecular flexibility index (Phi) is 4.68. The largest absolute Gasteiger partial charge is 0.296 e. The summed E-state index contributed by atoms with van der Waals surface area (Å²) in [6, 6.07) is 14.9. The van der Waals surface area contributed by atoms with Crippen molar-refractivity contribution < 1.29 is 13.2 Å². The van der Waals surface area contributed by atoms with Crippen LogP contribution in [-0.2, 0) is 15.6 Å². The monoisotopic (exact) mass is 359 g/mol. The predicted octanol–water partition coefficient (Wildman–Crippen LogP) is 2.76. The smallest absolute Gasteiger partial charge is 0.257 e. The van der Waals surface area contributed by atoms with Crippen LogP contribution in [0.4, 0.5) is 5.13 Å². The molecule has 0 aliphatic heterocycles. The zero-order valence-corrected chi connectivity index (χ0v) is 14.0. The van der Waals surface area contributed by atoms with Gasteiger partial charge in [0.15, 0.2) is 9.84 Å². The second kappa shape index (κ2) is 6.90. The van der Waals surface area contributed by atoms with Gasteiger partial charge in [-0.3, -0.25) is 10.1 Å². The van der Waals surface area contributed by atoms with Crippen LogP contribution in [0.15, 0.2) is 65.0 Å². The summed E-state index contributed by atoms with van der Waals surface area (Å²) in [6.07, 6.45) is 0. The standard InChI is InChI=1S/C16H13N3O3S2/c20-15(18-16-19-17-11-23-16)13-7-4-8-14(9-13)24(21,22)10-12-5-2-1-3-6-12/h1-9,11H,10H2,(H,18,19,20). The van der Waals surface area contributed by atoms with Gasteiger partial charge in [0.1, 0.15) is 5.51 Å². The Morgan fingerprint density at radius 2 is 1.88 bits per heavy atom. The predicted molar refractivity (Wildman–Crippen MR) is 91.6 cm³/mol. The van der Waals surface area contributed by atoms with Crippen LogP contribution in [0.1, 0.15) is 15.9 Å². The molecule has 1 amide bonds. The minimum Gasteiger partial charge on any atom is -0.296 e. The zero-order valence-electron chi connectivity index (χ0n) is 12.4. The Balaban J connectivity index is 1.83. The van der Waals surface area contributed by atoms with Crippen LogP contribution < -0.4 is 5.32 Å². The first kappa shape index (κ1) is 16.3. The normalized spacial score (nSPS) is 11.2. The molecule has 1 heterocycles. The molecule has 0 bridgehead atoms. The van der Waals surface area contributed by atoms with Gasteiger partial charge in [0, 0.05) is 5.56 Å². The summed E-state index contributed by atoms with van der Waals surface area (Å²) < 4.78 is 25.1. The van der Waals surface area contributed by atoms with Crippen molar-refractivity contribution in [3.05, 3.63) is 71.2 Å². The Morgan fingerprint density at radius 3 is 2.58 bits per heavy atom. The van der Waals surface area contributed by atoms with Gasteiger partial charge in [-0.25, -0.2) is 8.42 Å². The average molecular weight is 359 g/mol. The number of hydrogen-bond donors (Lipinski definition) is 1. The Labute approximate surface area is 143 Å². The van der Waals surface area contributed by atoms with E-state index >= 15 is 0 Å². The summed E-state index contributed by atoms with van der Waals surface area (Å²) in [6.45, 7) is 0. The summed E-state index contributed by atoms with van der Waals surface area (Å²) in [7, 11) is -3.54. The molecule has 3 rings (SSSR count). The lowest BCUT2D eigenvalue weighted by atomic mass is 10.2. The van der Waals surface area contributed by atoms with Crippen molar-refractivity contribution >= 4 is 32.2 Å². The van der Waals surface area contributed by atoms with Gasteiger partial charge in [-0.2, -0.15) is 0 Å². The molecule has 24 heavy (non-hydrogen) atoms. The van der Waals surface area contributed by atoms with Gasteiger partial charge in [0.05, 0.1) is 10.6 Å². The van der Waals surface area contributed by atoms with E-state index in [1.54, 1.807) is 36.4 Å². The highest BCUT2D eigenvalue weighted by Gasteiger charge is 2.17. The number of nitrogens with one attached hydrogen (secondary N) is 1. The average Bonchev–Trinajstić information content (AvgIpc) is 3.08. The molecule has 0 radical (unpaired) electrons. The minimum atomic E-state index is -3.54. The van der Waals surface area contributed by atoms with Crippen LogP contribution in [-0.4, -0.2) is 24.5 Å². The summed E-state index contributed by atoms with van der Waals surface area (Å²) in [4.78, 5) is 12.3. The van der Waals surface area contributed by atoms with E-state index in [1.165, 1.54) is 29.0 Å². The molecule has 0 fully saturated rings. The highest BCUT2D eigenvalue weighted by atomic mass is 32.2. The number of sulfone groups is 1. The maximum absolute atomic E-state index is 12.5. The third kappa shape index (κ3) is 3.84. The number of benzene rings is 2. The van der Waals surface area contributed by atoms with Crippen molar-refractivity contribution in [3.63, 3.8) is 0 Å². The molecule has 0 saturated heterocycles. The lowest BCUT2D eigenvalue weighted by molar-refractivity contribution is 0.102. The Morgan fingerprint density at radius 1 is 1.08 bits per heavy atom. The maximum atomic E-state index is 12.5. The van der Waals surface area contributed by atoms with E-state index in [-0.39, 0.29) is 16.2 Å². The highest BCUT2D eigenvalue weighted by molar-refractivity contribution is 7.90. The fraction of sp³-hybridized carbons (Fsp3) is 0.0625. The molecule has 2 aromatic carbocycles. The van der Waals surface area contributed by atoms with Crippen molar-refractivity contribution in [2.45, 2.75) is 10.6 Å². The minimum absolute atomic E-state index is 0.108. The first-order chi connectivity index (χ1) is 11.5. The van der Waals surface area contributed by atoms with E-state index in [1.807, 2.05) is 6.07 Å². The van der Waals surface area contributed by atoms with E-state index in [4.69, 9.17) is 0 Å². The quantitative estimate of drug-likeness (QED) is 0.757. The number of anilines is 1. The lowest BCUT2D eigenvalue weighted by Gasteiger charge is -2.07. The molecule has 1 aromatic heterocycles. The summed E-state index contributed by atoms with van der Waals surface area (Å²) >= 11 is 1.19. The highest BCUT2D eigenvalue weighted by Crippen LogP contribution is 2.19. The van der Waals surface area contributed by atoms with Crippen LogP contribution >= 0.6 is 11.3 Å². The molecule has 6 nitrogen and oxygen atoms in total. The van der Waals surface area contributed by atoms with Crippen molar-refractivity contribution in [3.8, 4) is 0 Å². The molecule has 0 spiro atoms. The first-order valence-corrected chi connectivity index (χ1v) is 9.52. The van der Waals surface area contributed by atoms with Gasteiger partial charge >= 0.3 is 0 Å². The number of amides is 1. The SMILES string of the molecule is O=C(Nc1nncs1)c1cccc(S(=O)(=O)Cc2ccccc2)c1. The molecule has 0 atom stereocenters. The Hall–Kier alpha value is -2.58. The van der Waals surface area contributed by atoms with E-state index in [0.717, 1.165) is 0 Å². The van der Waals surface area contributed by atoms with Crippen LogP contribution in [0.25, 0.3) is 0 Å².